The van der Waals surface area contributed by atoms with Gasteiger partial charge in [-0.05, 0) is 39.0 Å². The van der Waals surface area contributed by atoms with Gasteiger partial charge in [-0.15, -0.1) is 0 Å². The van der Waals surface area contributed by atoms with Gasteiger partial charge >= 0.3 is 12.0 Å². The summed E-state index contributed by atoms with van der Waals surface area (Å²) in [4.78, 5) is 22.8. The van der Waals surface area contributed by atoms with Gasteiger partial charge in [0.15, 0.2) is 0 Å². The van der Waals surface area contributed by atoms with Crippen LogP contribution in [0, 0.1) is 11.8 Å². The minimum atomic E-state index is -0.720. The Morgan fingerprint density at radius 2 is 1.90 bits per heavy atom. The fourth-order valence-electron chi connectivity index (χ4n) is 2.98. The van der Waals surface area contributed by atoms with Crippen molar-refractivity contribution >= 4 is 12.0 Å². The van der Waals surface area contributed by atoms with Crippen molar-refractivity contribution < 1.29 is 19.4 Å². The average Bonchev–Trinajstić information content (AvgIpc) is 2.93. The summed E-state index contributed by atoms with van der Waals surface area (Å²) < 4.78 is 5.32. The molecule has 6 heteroatoms. The number of aliphatic carboxylic acids is 1. The molecule has 2 unspecified atom stereocenters. The molecule has 1 aliphatic heterocycles. The van der Waals surface area contributed by atoms with E-state index in [-0.39, 0.29) is 24.0 Å². The van der Waals surface area contributed by atoms with Gasteiger partial charge in [0.1, 0.15) is 0 Å². The van der Waals surface area contributed by atoms with Crippen LogP contribution in [0.3, 0.4) is 0 Å². The van der Waals surface area contributed by atoms with Gasteiger partial charge in [-0.1, -0.05) is 0 Å². The molecule has 6 nitrogen and oxygen atoms in total. The van der Waals surface area contributed by atoms with Crippen LogP contribution in [0.25, 0.3) is 0 Å². The van der Waals surface area contributed by atoms with E-state index in [1.807, 2.05) is 6.92 Å². The summed E-state index contributed by atoms with van der Waals surface area (Å²) in [6, 6.07) is 0.0497. The summed E-state index contributed by atoms with van der Waals surface area (Å²) in [5.74, 6) is -0.572. The highest BCUT2D eigenvalue weighted by molar-refractivity contribution is 5.74. The molecular weight excluding hydrogens is 260 g/mol. The minimum Gasteiger partial charge on any atom is -0.481 e. The molecule has 0 aromatic heterocycles. The second kappa shape index (κ2) is 6.92. The van der Waals surface area contributed by atoms with Crippen LogP contribution in [0.2, 0.25) is 0 Å². The third-order valence-corrected chi connectivity index (χ3v) is 4.44. The number of hydrogen-bond donors (Lipinski definition) is 3. The van der Waals surface area contributed by atoms with Gasteiger partial charge in [0.2, 0.25) is 0 Å². The van der Waals surface area contributed by atoms with Crippen LogP contribution >= 0.6 is 0 Å². The SMILES string of the molecule is CC(NC(=O)NC1CCC(C(=O)O)CC1)C1CCOC1. The first-order valence-corrected chi connectivity index (χ1v) is 7.44. The van der Waals surface area contributed by atoms with Crippen molar-refractivity contribution in [3.05, 3.63) is 0 Å². The Bertz CT molecular complexity index is 347. The second-order valence-corrected chi connectivity index (χ2v) is 5.92. The van der Waals surface area contributed by atoms with Crippen molar-refractivity contribution in [2.75, 3.05) is 13.2 Å². The lowest BCUT2D eigenvalue weighted by Gasteiger charge is -2.28. The maximum absolute atomic E-state index is 11.9. The molecular formula is C14H24N2O4. The van der Waals surface area contributed by atoms with Crippen LogP contribution in [0.4, 0.5) is 4.79 Å². The molecule has 0 aromatic carbocycles. The van der Waals surface area contributed by atoms with E-state index in [1.165, 1.54) is 0 Å². The fourth-order valence-corrected chi connectivity index (χ4v) is 2.98. The fraction of sp³-hybridized carbons (Fsp3) is 0.857. The molecule has 0 aromatic rings. The monoisotopic (exact) mass is 284 g/mol. The molecule has 0 spiro atoms. The van der Waals surface area contributed by atoms with Crippen LogP contribution < -0.4 is 10.6 Å². The van der Waals surface area contributed by atoms with Crippen molar-refractivity contribution in [2.24, 2.45) is 11.8 Å². The molecule has 20 heavy (non-hydrogen) atoms. The van der Waals surface area contributed by atoms with Gasteiger partial charge in [0.25, 0.3) is 0 Å². The highest BCUT2D eigenvalue weighted by Crippen LogP contribution is 2.24. The highest BCUT2D eigenvalue weighted by Gasteiger charge is 2.28. The Hall–Kier alpha value is -1.30. The molecule has 0 bridgehead atoms. The first kappa shape index (κ1) is 15.1. The topological polar surface area (TPSA) is 87.7 Å². The molecule has 1 saturated heterocycles. The quantitative estimate of drug-likeness (QED) is 0.727. The van der Waals surface area contributed by atoms with Crippen LogP contribution in [-0.4, -0.2) is 42.4 Å². The van der Waals surface area contributed by atoms with Crippen molar-refractivity contribution in [3.8, 4) is 0 Å². The molecule has 2 atom stereocenters. The van der Waals surface area contributed by atoms with E-state index in [2.05, 4.69) is 10.6 Å². The summed E-state index contributed by atoms with van der Waals surface area (Å²) in [6.07, 6.45) is 3.76. The van der Waals surface area contributed by atoms with Crippen LogP contribution in [-0.2, 0) is 9.53 Å². The van der Waals surface area contributed by atoms with Crippen molar-refractivity contribution in [1.29, 1.82) is 0 Å². The Labute approximate surface area is 119 Å². The largest absolute Gasteiger partial charge is 0.481 e. The number of rotatable bonds is 4. The van der Waals surface area contributed by atoms with Crippen molar-refractivity contribution in [1.82, 2.24) is 10.6 Å². The molecule has 2 aliphatic rings. The number of amides is 2. The Kier molecular flexibility index (Phi) is 5.23. The Morgan fingerprint density at radius 3 is 2.45 bits per heavy atom. The highest BCUT2D eigenvalue weighted by atomic mass is 16.5. The lowest BCUT2D eigenvalue weighted by Crippen LogP contribution is -2.48. The molecule has 2 amide bonds. The van der Waals surface area contributed by atoms with Crippen LogP contribution in [0.15, 0.2) is 0 Å². The maximum atomic E-state index is 11.9. The zero-order chi connectivity index (χ0) is 14.5. The molecule has 1 aliphatic carbocycles. The number of nitrogens with one attached hydrogen (secondary N) is 2. The summed E-state index contributed by atoms with van der Waals surface area (Å²) in [5.41, 5.74) is 0. The minimum absolute atomic E-state index is 0.0950. The molecule has 1 saturated carbocycles. The van der Waals surface area contributed by atoms with E-state index in [0.717, 1.165) is 25.9 Å². The smallest absolute Gasteiger partial charge is 0.315 e. The molecule has 0 radical (unpaired) electrons. The zero-order valence-electron chi connectivity index (χ0n) is 11.9. The van der Waals surface area contributed by atoms with E-state index in [4.69, 9.17) is 9.84 Å². The predicted molar refractivity (Wildman–Crippen MR) is 73.4 cm³/mol. The lowest BCUT2D eigenvalue weighted by atomic mass is 9.86. The first-order valence-electron chi connectivity index (χ1n) is 7.44. The number of carboxylic acid groups (broad SMARTS) is 1. The summed E-state index contributed by atoms with van der Waals surface area (Å²) >= 11 is 0. The van der Waals surface area contributed by atoms with E-state index in [1.54, 1.807) is 0 Å². The molecule has 1 heterocycles. The first-order chi connectivity index (χ1) is 9.56. The molecule has 114 valence electrons. The summed E-state index contributed by atoms with van der Waals surface area (Å²) in [5, 5.41) is 14.8. The van der Waals surface area contributed by atoms with Gasteiger partial charge in [-0.25, -0.2) is 4.79 Å². The Balaban J connectivity index is 1.68. The van der Waals surface area contributed by atoms with Gasteiger partial charge < -0.3 is 20.5 Å². The summed E-state index contributed by atoms with van der Waals surface area (Å²) in [6.45, 7) is 3.49. The van der Waals surface area contributed by atoms with Crippen LogP contribution in [0.5, 0.6) is 0 Å². The number of carboxylic acids is 1. The maximum Gasteiger partial charge on any atom is 0.315 e. The van der Waals surface area contributed by atoms with E-state index >= 15 is 0 Å². The van der Waals surface area contributed by atoms with E-state index in [0.29, 0.717) is 25.4 Å². The van der Waals surface area contributed by atoms with Gasteiger partial charge in [-0.2, -0.15) is 0 Å². The van der Waals surface area contributed by atoms with Gasteiger partial charge in [-0.3, -0.25) is 4.79 Å². The third kappa shape index (κ3) is 4.10. The summed E-state index contributed by atoms with van der Waals surface area (Å²) in [7, 11) is 0. The molecule has 3 N–H and O–H groups in total. The van der Waals surface area contributed by atoms with Gasteiger partial charge in [0, 0.05) is 24.6 Å². The van der Waals surface area contributed by atoms with E-state index < -0.39 is 5.97 Å². The van der Waals surface area contributed by atoms with E-state index in [9.17, 15) is 9.59 Å². The number of carbonyl (C=O) groups is 2. The predicted octanol–water partition coefficient (Wildman–Crippen LogP) is 1.35. The van der Waals surface area contributed by atoms with Gasteiger partial charge in [0.05, 0.1) is 12.5 Å². The van der Waals surface area contributed by atoms with Crippen LogP contribution in [0.1, 0.15) is 39.0 Å². The lowest BCUT2D eigenvalue weighted by molar-refractivity contribution is -0.142. The third-order valence-electron chi connectivity index (χ3n) is 4.44. The second-order valence-electron chi connectivity index (χ2n) is 5.92. The number of hydrogen-bond acceptors (Lipinski definition) is 3. The number of carbonyl (C=O) groups excluding carboxylic acids is 1. The number of ether oxygens (including phenoxy) is 1. The Morgan fingerprint density at radius 1 is 1.20 bits per heavy atom. The zero-order valence-corrected chi connectivity index (χ0v) is 11.9. The van der Waals surface area contributed by atoms with Crippen molar-refractivity contribution in [3.63, 3.8) is 0 Å². The number of urea groups is 1. The normalized spacial score (nSPS) is 31.6. The van der Waals surface area contributed by atoms with Crippen molar-refractivity contribution in [2.45, 2.75) is 51.1 Å². The standard InChI is InChI=1S/C14H24N2O4/c1-9(11-6-7-20-8-11)15-14(19)16-12-4-2-10(3-5-12)13(17)18/h9-12H,2-8H2,1H3,(H,17,18)(H2,15,16,19). The molecule has 2 fully saturated rings. The molecule has 2 rings (SSSR count). The average molecular weight is 284 g/mol.